The van der Waals surface area contributed by atoms with Crippen LogP contribution >= 0.6 is 0 Å². The van der Waals surface area contributed by atoms with Gasteiger partial charge in [-0.2, -0.15) is 0 Å². The van der Waals surface area contributed by atoms with E-state index in [2.05, 4.69) is 55.1 Å². The van der Waals surface area contributed by atoms with Crippen molar-refractivity contribution in [2.24, 2.45) is 34.5 Å². The number of aromatic nitrogens is 1. The van der Waals surface area contributed by atoms with Gasteiger partial charge in [0.15, 0.2) is 0 Å². The van der Waals surface area contributed by atoms with Crippen LogP contribution in [0.25, 0.3) is 6.08 Å². The number of fused-ring (bicyclic) bond motifs is 5. The van der Waals surface area contributed by atoms with Crippen LogP contribution in [0.2, 0.25) is 0 Å². The molecule has 29 heavy (non-hydrogen) atoms. The van der Waals surface area contributed by atoms with Crippen LogP contribution in [0.5, 0.6) is 0 Å². The number of nitrogens with zero attached hydrogens (tertiary/aromatic N) is 2. The fourth-order valence-corrected chi connectivity index (χ4v) is 8.20. The van der Waals surface area contributed by atoms with Gasteiger partial charge < -0.3 is 4.90 Å². The number of carbonyl (C=O) groups is 1. The van der Waals surface area contributed by atoms with E-state index in [1.807, 2.05) is 12.3 Å². The summed E-state index contributed by atoms with van der Waals surface area (Å²) in [6, 6.07) is 6.63. The Morgan fingerprint density at radius 2 is 1.86 bits per heavy atom. The molecule has 3 saturated carbocycles. The van der Waals surface area contributed by atoms with E-state index in [9.17, 15) is 4.79 Å². The summed E-state index contributed by atoms with van der Waals surface area (Å²) in [5.41, 5.74) is 1.84. The van der Waals surface area contributed by atoms with Crippen molar-refractivity contribution < 1.29 is 4.79 Å². The second-order valence-electron chi connectivity index (χ2n) is 10.8. The van der Waals surface area contributed by atoms with Gasteiger partial charge in [0.05, 0.1) is 5.69 Å². The molecule has 0 spiro atoms. The van der Waals surface area contributed by atoms with Crippen LogP contribution in [0.4, 0.5) is 0 Å². The predicted molar refractivity (Wildman–Crippen MR) is 117 cm³/mol. The average Bonchev–Trinajstić information content (AvgIpc) is 3.07. The Kier molecular flexibility index (Phi) is 4.64. The van der Waals surface area contributed by atoms with Gasteiger partial charge in [0, 0.05) is 25.7 Å². The van der Waals surface area contributed by atoms with E-state index in [-0.39, 0.29) is 0 Å². The average molecular weight is 393 g/mol. The molecule has 3 nitrogen and oxygen atoms in total. The summed E-state index contributed by atoms with van der Waals surface area (Å²) in [6.45, 7) is 5.10. The standard InChI is InChI=1S/C26H36N2O/c1-25-15-13-22-20(10-12-23-26(22,2)16-14-24(29)28(23)3)21(25)11-8-18(25)7-9-19-6-4-5-17-27-19/h4-7,9,17-18,20-23H,8,10-16H2,1-3H3/b9-7-/t18-,20-,21-,22-,23+,25+,26+/m0/s1. The van der Waals surface area contributed by atoms with Gasteiger partial charge in [-0.1, -0.05) is 26.0 Å². The smallest absolute Gasteiger partial charge is 0.222 e. The molecule has 4 aliphatic rings. The summed E-state index contributed by atoms with van der Waals surface area (Å²) < 4.78 is 0. The Morgan fingerprint density at radius 3 is 2.66 bits per heavy atom. The minimum absolute atomic E-state index is 0.328. The number of allylic oxidation sites excluding steroid dienone is 1. The molecule has 3 aliphatic carbocycles. The first-order chi connectivity index (χ1) is 13.9. The summed E-state index contributed by atoms with van der Waals surface area (Å²) in [6.07, 6.45) is 16.4. The highest BCUT2D eigenvalue weighted by Gasteiger charge is 2.60. The number of rotatable bonds is 2. The van der Waals surface area contributed by atoms with Gasteiger partial charge in [-0.25, -0.2) is 0 Å². The molecule has 0 aromatic carbocycles. The summed E-state index contributed by atoms with van der Waals surface area (Å²) in [4.78, 5) is 18.9. The normalized spacial score (nSPS) is 44.4. The van der Waals surface area contributed by atoms with Crippen LogP contribution in [-0.2, 0) is 4.79 Å². The van der Waals surface area contributed by atoms with Crippen molar-refractivity contribution in [2.75, 3.05) is 7.05 Å². The number of piperidine rings is 1. The second-order valence-corrected chi connectivity index (χ2v) is 10.8. The van der Waals surface area contributed by atoms with Gasteiger partial charge in [0.2, 0.25) is 5.91 Å². The van der Waals surface area contributed by atoms with Gasteiger partial charge >= 0.3 is 0 Å². The number of likely N-dealkylation sites (tertiary alicyclic amines) is 1. The molecular formula is C26H36N2O. The lowest BCUT2D eigenvalue weighted by Crippen LogP contribution is -2.61. The van der Waals surface area contributed by atoms with Gasteiger partial charge in [0.1, 0.15) is 0 Å². The molecular weight excluding hydrogens is 356 g/mol. The predicted octanol–water partition coefficient (Wildman–Crippen LogP) is 5.57. The van der Waals surface area contributed by atoms with E-state index >= 15 is 0 Å². The molecule has 5 rings (SSSR count). The van der Waals surface area contributed by atoms with Crippen molar-refractivity contribution in [3.63, 3.8) is 0 Å². The molecule has 156 valence electrons. The number of amides is 1. The number of hydrogen-bond acceptors (Lipinski definition) is 2. The first kappa shape index (κ1) is 19.3. The fraction of sp³-hybridized carbons (Fsp3) is 0.692. The quantitative estimate of drug-likeness (QED) is 0.659. The monoisotopic (exact) mass is 392 g/mol. The molecule has 1 saturated heterocycles. The topological polar surface area (TPSA) is 33.2 Å². The Bertz CT molecular complexity index is 804. The third-order valence-corrected chi connectivity index (χ3v) is 9.82. The van der Waals surface area contributed by atoms with Crippen molar-refractivity contribution in [1.82, 2.24) is 9.88 Å². The molecule has 2 heterocycles. The first-order valence-electron chi connectivity index (χ1n) is 11.8. The Balaban J connectivity index is 1.38. The van der Waals surface area contributed by atoms with Gasteiger partial charge in [0.25, 0.3) is 0 Å². The van der Waals surface area contributed by atoms with E-state index in [1.165, 1.54) is 38.5 Å². The van der Waals surface area contributed by atoms with Crippen molar-refractivity contribution in [3.05, 3.63) is 36.2 Å². The summed E-state index contributed by atoms with van der Waals surface area (Å²) >= 11 is 0. The summed E-state index contributed by atoms with van der Waals surface area (Å²) in [7, 11) is 2.06. The third kappa shape index (κ3) is 2.91. The zero-order valence-electron chi connectivity index (χ0n) is 18.3. The molecule has 0 bridgehead atoms. The minimum atomic E-state index is 0.328. The SMILES string of the molecule is CN1C(=O)CC[C@]2(C)[C@H]3CC[C@]4(C)[C@@H](/C=C\c5ccccn5)CC[C@H]4[C@@H]3CC[C@@H]12. The first-order valence-corrected chi connectivity index (χ1v) is 11.8. The maximum absolute atomic E-state index is 12.3. The highest BCUT2D eigenvalue weighted by Crippen LogP contribution is 2.66. The lowest BCUT2D eigenvalue weighted by atomic mass is 9.47. The Hall–Kier alpha value is -1.64. The van der Waals surface area contributed by atoms with Crippen molar-refractivity contribution >= 4 is 12.0 Å². The molecule has 1 aromatic rings. The minimum Gasteiger partial charge on any atom is -0.342 e. The zero-order valence-corrected chi connectivity index (χ0v) is 18.3. The molecule has 4 fully saturated rings. The second kappa shape index (κ2) is 6.96. The van der Waals surface area contributed by atoms with Crippen LogP contribution in [0, 0.1) is 34.5 Å². The maximum atomic E-state index is 12.3. The summed E-state index contributed by atoms with van der Waals surface area (Å²) in [5.74, 6) is 3.54. The third-order valence-electron chi connectivity index (χ3n) is 9.82. The molecule has 1 amide bonds. The zero-order chi connectivity index (χ0) is 20.2. The number of pyridine rings is 1. The van der Waals surface area contributed by atoms with Crippen molar-refractivity contribution in [2.45, 2.75) is 71.3 Å². The molecule has 7 atom stereocenters. The van der Waals surface area contributed by atoms with Crippen LogP contribution in [0.3, 0.4) is 0 Å². The van der Waals surface area contributed by atoms with Gasteiger partial charge in [-0.3, -0.25) is 9.78 Å². The Morgan fingerprint density at radius 1 is 1.03 bits per heavy atom. The molecule has 0 N–H and O–H groups in total. The Labute approximate surface area is 176 Å². The maximum Gasteiger partial charge on any atom is 0.222 e. The van der Waals surface area contributed by atoms with Crippen molar-refractivity contribution in [1.29, 1.82) is 0 Å². The summed E-state index contributed by atoms with van der Waals surface area (Å²) in [5, 5.41) is 0. The molecule has 0 unspecified atom stereocenters. The molecule has 0 radical (unpaired) electrons. The van der Waals surface area contributed by atoms with Gasteiger partial charge in [-0.05, 0) is 97.7 Å². The molecule has 3 heteroatoms. The van der Waals surface area contributed by atoms with E-state index in [0.29, 0.717) is 28.7 Å². The van der Waals surface area contributed by atoms with E-state index in [4.69, 9.17) is 0 Å². The molecule has 1 aromatic heterocycles. The number of hydrogen-bond donors (Lipinski definition) is 0. The highest BCUT2D eigenvalue weighted by molar-refractivity contribution is 5.77. The van der Waals surface area contributed by atoms with E-state index < -0.39 is 0 Å². The van der Waals surface area contributed by atoms with Crippen molar-refractivity contribution in [3.8, 4) is 0 Å². The highest BCUT2D eigenvalue weighted by atomic mass is 16.2. The fourth-order valence-electron chi connectivity index (χ4n) is 8.20. The van der Waals surface area contributed by atoms with Crippen LogP contribution in [-0.4, -0.2) is 28.9 Å². The largest absolute Gasteiger partial charge is 0.342 e. The lowest BCUT2D eigenvalue weighted by molar-refractivity contribution is -0.157. The van der Waals surface area contributed by atoms with Gasteiger partial charge in [-0.15, -0.1) is 0 Å². The van der Waals surface area contributed by atoms with Crippen LogP contribution in [0.15, 0.2) is 30.5 Å². The lowest BCUT2D eigenvalue weighted by Gasteiger charge is -2.61. The van der Waals surface area contributed by atoms with E-state index in [0.717, 1.165) is 36.3 Å². The van der Waals surface area contributed by atoms with E-state index in [1.54, 1.807) is 0 Å². The number of carbonyl (C=O) groups excluding carboxylic acids is 1. The van der Waals surface area contributed by atoms with Crippen LogP contribution in [0.1, 0.15) is 70.9 Å². The van der Waals surface area contributed by atoms with Crippen LogP contribution < -0.4 is 0 Å². The molecule has 1 aliphatic heterocycles.